The molecule has 2 heterocycles. The van der Waals surface area contributed by atoms with E-state index in [1.807, 2.05) is 20.8 Å². The molecule has 6 aliphatic rings. The van der Waals surface area contributed by atoms with Crippen LogP contribution < -0.4 is 21.7 Å². The number of morpholine rings is 1. The van der Waals surface area contributed by atoms with Crippen LogP contribution >= 0.6 is 0 Å². The van der Waals surface area contributed by atoms with Crippen LogP contribution in [0, 0.1) is 27.6 Å². The molecule has 292 valence electrons. The maximum absolute atomic E-state index is 15.0. The summed E-state index contributed by atoms with van der Waals surface area (Å²) in [7, 11) is 0. The van der Waals surface area contributed by atoms with E-state index in [9.17, 15) is 24.0 Å². The summed E-state index contributed by atoms with van der Waals surface area (Å²) >= 11 is 0. The average Bonchev–Trinajstić information content (AvgIpc) is 3.24. The number of urea groups is 1. The Hall–Kier alpha value is -2.73. The lowest BCUT2D eigenvalue weighted by Gasteiger charge is -2.49. The monoisotopic (exact) mass is 727 g/mol. The molecule has 5 amide bonds. The molecular weight excluding hydrogens is 660 g/mol. The predicted octanol–water partition coefficient (Wildman–Crippen LogP) is 4.04. The van der Waals surface area contributed by atoms with Crippen LogP contribution in [0.15, 0.2) is 0 Å². The molecule has 52 heavy (non-hydrogen) atoms. The Morgan fingerprint density at radius 2 is 1.56 bits per heavy atom. The Kier molecular flexibility index (Phi) is 10.4. The molecule has 5 N–H and O–H groups in total. The molecule has 6 rings (SSSR count). The summed E-state index contributed by atoms with van der Waals surface area (Å²) in [4.78, 5) is 72.6. The minimum atomic E-state index is -1.06. The van der Waals surface area contributed by atoms with E-state index in [1.54, 1.807) is 4.90 Å². The molecule has 4 saturated carbocycles. The van der Waals surface area contributed by atoms with E-state index < -0.39 is 46.7 Å². The number of hydrogen-bond acceptors (Lipinski definition) is 7. The van der Waals surface area contributed by atoms with Crippen LogP contribution in [0.5, 0.6) is 0 Å². The van der Waals surface area contributed by atoms with Crippen molar-refractivity contribution >= 4 is 29.5 Å². The van der Waals surface area contributed by atoms with Gasteiger partial charge >= 0.3 is 6.03 Å². The molecule has 12 heteroatoms. The summed E-state index contributed by atoms with van der Waals surface area (Å²) < 4.78 is 5.78. The van der Waals surface area contributed by atoms with Crippen LogP contribution in [0.4, 0.5) is 4.79 Å². The normalized spacial score (nSPS) is 30.1. The van der Waals surface area contributed by atoms with Gasteiger partial charge in [0.25, 0.3) is 5.91 Å². The third-order valence-corrected chi connectivity index (χ3v) is 15.0. The van der Waals surface area contributed by atoms with E-state index in [0.717, 1.165) is 77.2 Å². The lowest BCUT2D eigenvalue weighted by molar-refractivity contribution is -0.143. The standard InChI is InChI=1S/C40H66N6O6/c1-35(2,3)30(43-34(51)44-38(15-9-8-10-16-38)23-45-19-20-52-25-36(45,4)5)33(50)46-24-40(37(6,7)39(40)17-12-18-39)22-28(46)32(49)42-27(29(47)31(41)48)21-26-13-11-14-26/h26-28,30H,8-25H2,1-7H3,(H2,41,48)(H,42,49)(H2,43,44,51)/t27?,28?,30-,40?/m0/s1. The fourth-order valence-electron chi connectivity index (χ4n) is 11.1. The lowest BCUT2D eigenvalue weighted by Crippen LogP contribution is -2.66. The largest absolute Gasteiger partial charge is 0.378 e. The number of likely N-dealkylation sites (tertiary alicyclic amines) is 1. The zero-order valence-electron chi connectivity index (χ0n) is 33.0. The molecule has 4 atom stereocenters. The van der Waals surface area contributed by atoms with Crippen LogP contribution in [0.1, 0.15) is 132 Å². The molecule has 0 radical (unpaired) electrons. The summed E-state index contributed by atoms with van der Waals surface area (Å²) in [5.74, 6) is -2.32. The van der Waals surface area contributed by atoms with Crippen molar-refractivity contribution in [2.45, 2.75) is 161 Å². The molecule has 0 aromatic rings. The molecule has 0 bridgehead atoms. The molecule has 6 fully saturated rings. The smallest absolute Gasteiger partial charge is 0.315 e. The van der Waals surface area contributed by atoms with Crippen LogP contribution in [0.25, 0.3) is 0 Å². The van der Waals surface area contributed by atoms with Gasteiger partial charge in [-0.15, -0.1) is 0 Å². The fourth-order valence-corrected chi connectivity index (χ4v) is 11.1. The maximum atomic E-state index is 15.0. The fraction of sp³-hybridized carbons (Fsp3) is 0.875. The number of carbonyl (C=O) groups is 5. The molecule has 2 aliphatic heterocycles. The Bertz CT molecular complexity index is 1420. The van der Waals surface area contributed by atoms with Crippen molar-refractivity contribution < 1.29 is 28.7 Å². The number of ketones is 1. The molecule has 3 unspecified atom stereocenters. The van der Waals surface area contributed by atoms with E-state index in [2.05, 4.69) is 48.5 Å². The number of nitrogens with one attached hydrogen (secondary N) is 3. The highest BCUT2D eigenvalue weighted by molar-refractivity contribution is 6.37. The van der Waals surface area contributed by atoms with Gasteiger partial charge in [-0.25, -0.2) is 4.79 Å². The highest BCUT2D eigenvalue weighted by atomic mass is 16.5. The van der Waals surface area contributed by atoms with Crippen LogP contribution in [0.2, 0.25) is 0 Å². The Balaban J connectivity index is 1.24. The molecule has 4 aliphatic carbocycles. The lowest BCUT2D eigenvalue weighted by atomic mass is 9.73. The number of primary amides is 1. The van der Waals surface area contributed by atoms with Gasteiger partial charge in [-0.1, -0.05) is 79.6 Å². The molecular formula is C40H66N6O6. The van der Waals surface area contributed by atoms with E-state index in [1.165, 1.54) is 0 Å². The molecule has 0 aromatic carbocycles. The topological polar surface area (TPSA) is 163 Å². The highest BCUT2D eigenvalue weighted by Crippen LogP contribution is 2.88. The van der Waals surface area contributed by atoms with E-state index >= 15 is 0 Å². The minimum absolute atomic E-state index is 0.0601. The number of fused-ring (bicyclic) bond motifs is 1. The van der Waals surface area contributed by atoms with Crippen molar-refractivity contribution in [3.63, 3.8) is 0 Å². The first kappa shape index (κ1) is 39.0. The summed E-state index contributed by atoms with van der Waals surface area (Å²) in [6.07, 6.45) is 12.0. The van der Waals surface area contributed by atoms with Crippen molar-refractivity contribution in [1.29, 1.82) is 0 Å². The van der Waals surface area contributed by atoms with Crippen molar-refractivity contribution in [3.8, 4) is 0 Å². The van der Waals surface area contributed by atoms with Gasteiger partial charge in [0.15, 0.2) is 0 Å². The summed E-state index contributed by atoms with van der Waals surface area (Å²) in [6, 6.07) is -3.12. The SMILES string of the molecule is CC(C)(C)[C@@H](NC(=O)NC1(CN2CCOCC2(C)C)CCCCC1)C(=O)N1CC2(CC1C(=O)NC(CC1CCC1)C(=O)C(N)=O)C(C)(C)C21CCC1. The Morgan fingerprint density at radius 3 is 2.08 bits per heavy atom. The first-order chi connectivity index (χ1) is 24.3. The summed E-state index contributed by atoms with van der Waals surface area (Å²) in [5.41, 5.74) is 3.94. The quantitative estimate of drug-likeness (QED) is 0.234. The van der Waals surface area contributed by atoms with Crippen molar-refractivity contribution in [3.05, 3.63) is 0 Å². The van der Waals surface area contributed by atoms with Gasteiger partial charge in [0.1, 0.15) is 12.1 Å². The number of ether oxygens (including phenoxy) is 1. The highest BCUT2D eigenvalue weighted by Gasteiger charge is 2.85. The number of rotatable bonds is 11. The van der Waals surface area contributed by atoms with Gasteiger partial charge < -0.3 is 31.3 Å². The number of nitrogens with two attached hydrogens (primary N) is 1. The molecule has 12 nitrogen and oxygen atoms in total. The van der Waals surface area contributed by atoms with Crippen LogP contribution in [-0.4, -0.2) is 101 Å². The van der Waals surface area contributed by atoms with Gasteiger partial charge in [-0.3, -0.25) is 24.1 Å². The van der Waals surface area contributed by atoms with Crippen molar-refractivity contribution in [1.82, 2.24) is 25.8 Å². The first-order valence-corrected chi connectivity index (χ1v) is 20.1. The number of Topliss-reactive ketones (excluding diaryl/α,β-unsaturated/α-hetero) is 1. The molecule has 0 aromatic heterocycles. The molecule has 2 spiro atoms. The summed E-state index contributed by atoms with van der Waals surface area (Å²) in [5, 5.41) is 9.42. The predicted molar refractivity (Wildman–Crippen MR) is 198 cm³/mol. The Labute approximate surface area is 310 Å². The second-order valence-corrected chi connectivity index (χ2v) is 19.7. The van der Waals surface area contributed by atoms with Gasteiger partial charge in [0.2, 0.25) is 17.6 Å². The number of carbonyl (C=O) groups excluding carboxylic acids is 5. The zero-order valence-corrected chi connectivity index (χ0v) is 33.0. The van der Waals surface area contributed by atoms with Gasteiger partial charge in [-0.2, -0.15) is 0 Å². The van der Waals surface area contributed by atoms with Crippen molar-refractivity contribution in [2.75, 3.05) is 32.8 Å². The third-order valence-electron chi connectivity index (χ3n) is 15.0. The van der Waals surface area contributed by atoms with Crippen molar-refractivity contribution in [2.24, 2.45) is 33.3 Å². The Morgan fingerprint density at radius 1 is 0.885 bits per heavy atom. The summed E-state index contributed by atoms with van der Waals surface area (Å²) in [6.45, 7) is 17.9. The molecule has 2 saturated heterocycles. The van der Waals surface area contributed by atoms with E-state index in [0.29, 0.717) is 39.1 Å². The second kappa shape index (κ2) is 13.8. The van der Waals surface area contributed by atoms with Gasteiger partial charge in [-0.05, 0) is 74.5 Å². The van der Waals surface area contributed by atoms with E-state index in [4.69, 9.17) is 10.5 Å². The van der Waals surface area contributed by atoms with Crippen LogP contribution in [0.3, 0.4) is 0 Å². The van der Waals surface area contributed by atoms with Crippen LogP contribution in [-0.2, 0) is 23.9 Å². The number of nitrogens with zero attached hydrogens (tertiary/aromatic N) is 2. The third kappa shape index (κ3) is 6.77. The number of hydrogen-bond donors (Lipinski definition) is 4. The minimum Gasteiger partial charge on any atom is -0.378 e. The zero-order chi connectivity index (χ0) is 37.9. The van der Waals surface area contributed by atoms with E-state index in [-0.39, 0.29) is 39.6 Å². The second-order valence-electron chi connectivity index (χ2n) is 19.7. The maximum Gasteiger partial charge on any atom is 0.315 e. The van der Waals surface area contributed by atoms with Gasteiger partial charge in [0, 0.05) is 30.6 Å². The first-order valence-electron chi connectivity index (χ1n) is 20.1. The number of amides is 5. The van der Waals surface area contributed by atoms with Gasteiger partial charge in [0.05, 0.1) is 24.8 Å². The average molecular weight is 727 g/mol.